The lowest BCUT2D eigenvalue weighted by atomic mass is 9.90. The highest BCUT2D eigenvalue weighted by molar-refractivity contribution is 7.79. The Morgan fingerprint density at radius 3 is 2.88 bits per heavy atom. The van der Waals surface area contributed by atoms with E-state index < -0.39 is 0 Å². The topological polar surface area (TPSA) is 12.9 Å². The molecule has 3 rings (SSSR count). The van der Waals surface area contributed by atoms with Gasteiger partial charge in [0.1, 0.15) is 0 Å². The number of benzene rings is 1. The summed E-state index contributed by atoms with van der Waals surface area (Å²) in [6.07, 6.45) is 4.90. The zero-order valence-electron chi connectivity index (χ0n) is 10.2. The van der Waals surface area contributed by atoms with Crippen molar-refractivity contribution in [2.24, 2.45) is 0 Å². The van der Waals surface area contributed by atoms with Gasteiger partial charge in [-0.1, -0.05) is 18.2 Å². The van der Waals surface area contributed by atoms with Gasteiger partial charge in [-0.2, -0.15) is 12.6 Å². The highest BCUT2D eigenvalue weighted by Crippen LogP contribution is 2.31. The number of rotatable bonds is 1. The second-order valence-corrected chi connectivity index (χ2v) is 5.17. The van der Waals surface area contributed by atoms with Crippen molar-refractivity contribution < 1.29 is 0 Å². The SMILES string of the molecule is Cc1cccc2c(CS)c3c(nc12)CCCC3. The summed E-state index contributed by atoms with van der Waals surface area (Å²) in [5, 5.41) is 1.31. The van der Waals surface area contributed by atoms with Gasteiger partial charge in [0.25, 0.3) is 0 Å². The van der Waals surface area contributed by atoms with Crippen LogP contribution in [-0.4, -0.2) is 4.98 Å². The Morgan fingerprint density at radius 1 is 1.24 bits per heavy atom. The van der Waals surface area contributed by atoms with Crippen molar-refractivity contribution in [3.05, 3.63) is 40.6 Å². The summed E-state index contributed by atoms with van der Waals surface area (Å²) in [5.74, 6) is 0.824. The number of hydrogen-bond acceptors (Lipinski definition) is 2. The molecule has 1 aromatic carbocycles. The number of hydrogen-bond donors (Lipinski definition) is 1. The molecular formula is C15H17NS. The van der Waals surface area contributed by atoms with Crippen molar-refractivity contribution in [2.45, 2.75) is 38.4 Å². The molecule has 0 saturated heterocycles. The molecule has 0 fully saturated rings. The van der Waals surface area contributed by atoms with Crippen LogP contribution in [0.15, 0.2) is 18.2 Å². The largest absolute Gasteiger partial charge is 0.252 e. The van der Waals surface area contributed by atoms with Crippen LogP contribution < -0.4 is 0 Å². The average Bonchev–Trinajstić information content (AvgIpc) is 2.37. The molecule has 17 heavy (non-hydrogen) atoms. The fraction of sp³-hybridized carbons (Fsp3) is 0.400. The molecule has 0 spiro atoms. The minimum absolute atomic E-state index is 0.824. The third kappa shape index (κ3) is 1.75. The van der Waals surface area contributed by atoms with Crippen LogP contribution >= 0.6 is 12.6 Å². The first-order valence-electron chi connectivity index (χ1n) is 6.32. The molecule has 1 aliphatic rings. The Hall–Kier alpha value is -1.02. The van der Waals surface area contributed by atoms with Crippen molar-refractivity contribution in [3.8, 4) is 0 Å². The normalized spacial score (nSPS) is 14.9. The minimum atomic E-state index is 0.824. The maximum atomic E-state index is 4.89. The van der Waals surface area contributed by atoms with Gasteiger partial charge in [-0.3, -0.25) is 4.98 Å². The highest BCUT2D eigenvalue weighted by atomic mass is 32.1. The number of nitrogens with zero attached hydrogens (tertiary/aromatic N) is 1. The molecule has 0 N–H and O–H groups in total. The predicted molar refractivity (Wildman–Crippen MR) is 75.8 cm³/mol. The molecule has 0 unspecified atom stereocenters. The van der Waals surface area contributed by atoms with Crippen LogP contribution in [-0.2, 0) is 18.6 Å². The van der Waals surface area contributed by atoms with Gasteiger partial charge in [-0.05, 0) is 49.3 Å². The third-order valence-electron chi connectivity index (χ3n) is 3.77. The van der Waals surface area contributed by atoms with E-state index in [9.17, 15) is 0 Å². The molecule has 2 heteroatoms. The van der Waals surface area contributed by atoms with Gasteiger partial charge in [0.05, 0.1) is 5.52 Å². The monoisotopic (exact) mass is 243 g/mol. The summed E-state index contributed by atoms with van der Waals surface area (Å²) < 4.78 is 0. The summed E-state index contributed by atoms with van der Waals surface area (Å²) in [6.45, 7) is 2.15. The van der Waals surface area contributed by atoms with Gasteiger partial charge in [0, 0.05) is 16.8 Å². The van der Waals surface area contributed by atoms with E-state index in [1.165, 1.54) is 52.5 Å². The molecule has 0 aliphatic heterocycles. The smallest absolute Gasteiger partial charge is 0.0737 e. The number of pyridine rings is 1. The van der Waals surface area contributed by atoms with E-state index in [1.807, 2.05) is 0 Å². The molecule has 1 aromatic heterocycles. The van der Waals surface area contributed by atoms with Crippen molar-refractivity contribution in [3.63, 3.8) is 0 Å². The molecule has 0 saturated carbocycles. The molecule has 1 aliphatic carbocycles. The quantitative estimate of drug-likeness (QED) is 0.751. The van der Waals surface area contributed by atoms with Crippen LogP contribution in [0, 0.1) is 6.92 Å². The van der Waals surface area contributed by atoms with E-state index in [0.29, 0.717) is 0 Å². The molecule has 2 aromatic rings. The van der Waals surface area contributed by atoms with Gasteiger partial charge in [0.2, 0.25) is 0 Å². The second kappa shape index (κ2) is 4.34. The van der Waals surface area contributed by atoms with Crippen LogP contribution in [0.4, 0.5) is 0 Å². The van der Waals surface area contributed by atoms with E-state index in [2.05, 4.69) is 37.8 Å². The third-order valence-corrected chi connectivity index (χ3v) is 4.09. The lowest BCUT2D eigenvalue weighted by Gasteiger charge is -2.20. The summed E-state index contributed by atoms with van der Waals surface area (Å²) in [5.41, 5.74) is 6.67. The Morgan fingerprint density at radius 2 is 2.06 bits per heavy atom. The van der Waals surface area contributed by atoms with E-state index in [0.717, 1.165) is 12.2 Å². The number of aromatic nitrogens is 1. The maximum Gasteiger partial charge on any atom is 0.0737 e. The van der Waals surface area contributed by atoms with Crippen LogP contribution in [0.5, 0.6) is 0 Å². The first-order chi connectivity index (χ1) is 8.31. The van der Waals surface area contributed by atoms with Crippen molar-refractivity contribution in [1.29, 1.82) is 0 Å². The van der Waals surface area contributed by atoms with Crippen molar-refractivity contribution in [2.75, 3.05) is 0 Å². The van der Waals surface area contributed by atoms with E-state index in [4.69, 9.17) is 4.98 Å². The van der Waals surface area contributed by atoms with Gasteiger partial charge in [0.15, 0.2) is 0 Å². The first-order valence-corrected chi connectivity index (χ1v) is 6.95. The number of thiol groups is 1. The molecule has 1 heterocycles. The van der Waals surface area contributed by atoms with E-state index >= 15 is 0 Å². The van der Waals surface area contributed by atoms with E-state index in [-0.39, 0.29) is 0 Å². The zero-order valence-corrected chi connectivity index (χ0v) is 11.1. The Balaban J connectivity index is 2.39. The molecule has 0 atom stereocenters. The average molecular weight is 243 g/mol. The first kappa shape index (κ1) is 11.1. The zero-order chi connectivity index (χ0) is 11.8. The molecular weight excluding hydrogens is 226 g/mol. The van der Waals surface area contributed by atoms with Crippen LogP contribution in [0.2, 0.25) is 0 Å². The minimum Gasteiger partial charge on any atom is -0.252 e. The Bertz CT molecular complexity index is 575. The molecule has 0 bridgehead atoms. The standard InChI is InChI=1S/C15H17NS/c1-10-5-4-7-12-13(9-17)11-6-2-3-8-14(11)16-15(10)12/h4-5,7,17H,2-3,6,8-9H2,1H3. The molecule has 88 valence electrons. The molecule has 0 amide bonds. The fourth-order valence-corrected chi connectivity index (χ4v) is 3.23. The van der Waals surface area contributed by atoms with Crippen LogP contribution in [0.1, 0.15) is 35.2 Å². The lowest BCUT2D eigenvalue weighted by molar-refractivity contribution is 0.667. The Labute approximate surface area is 108 Å². The predicted octanol–water partition coefficient (Wildman–Crippen LogP) is 3.85. The maximum absolute atomic E-state index is 4.89. The summed E-state index contributed by atoms with van der Waals surface area (Å²) in [6, 6.07) is 6.46. The number of aryl methyl sites for hydroxylation is 2. The summed E-state index contributed by atoms with van der Waals surface area (Å²) >= 11 is 4.53. The molecule has 0 radical (unpaired) electrons. The summed E-state index contributed by atoms with van der Waals surface area (Å²) in [7, 11) is 0. The van der Waals surface area contributed by atoms with Gasteiger partial charge in [-0.15, -0.1) is 0 Å². The highest BCUT2D eigenvalue weighted by Gasteiger charge is 2.17. The van der Waals surface area contributed by atoms with Gasteiger partial charge >= 0.3 is 0 Å². The Kier molecular flexibility index (Phi) is 2.83. The fourth-order valence-electron chi connectivity index (χ4n) is 2.87. The number of fused-ring (bicyclic) bond motifs is 2. The van der Waals surface area contributed by atoms with Crippen LogP contribution in [0.3, 0.4) is 0 Å². The summed E-state index contributed by atoms with van der Waals surface area (Å²) in [4.78, 5) is 4.89. The van der Waals surface area contributed by atoms with Gasteiger partial charge < -0.3 is 0 Å². The van der Waals surface area contributed by atoms with Crippen molar-refractivity contribution in [1.82, 2.24) is 4.98 Å². The van der Waals surface area contributed by atoms with E-state index in [1.54, 1.807) is 0 Å². The second-order valence-electron chi connectivity index (χ2n) is 4.85. The van der Waals surface area contributed by atoms with Gasteiger partial charge in [-0.25, -0.2) is 0 Å². The lowest BCUT2D eigenvalue weighted by Crippen LogP contribution is -2.09. The van der Waals surface area contributed by atoms with Crippen LogP contribution in [0.25, 0.3) is 10.9 Å². The number of para-hydroxylation sites is 1. The molecule has 1 nitrogen and oxygen atoms in total. The van der Waals surface area contributed by atoms with Crippen molar-refractivity contribution >= 4 is 23.5 Å².